The van der Waals surface area contributed by atoms with Crippen LogP contribution in [-0.2, 0) is 13.0 Å². The summed E-state index contributed by atoms with van der Waals surface area (Å²) in [4.78, 5) is 18.2. The Morgan fingerprint density at radius 2 is 2.17 bits per heavy atom. The maximum Gasteiger partial charge on any atom is 0.294 e. The molecule has 0 atom stereocenters. The van der Waals surface area contributed by atoms with Gasteiger partial charge in [0.2, 0.25) is 0 Å². The van der Waals surface area contributed by atoms with Gasteiger partial charge in [0.05, 0.1) is 16.2 Å². The van der Waals surface area contributed by atoms with Gasteiger partial charge in [0, 0.05) is 55.6 Å². The second-order valence-electron chi connectivity index (χ2n) is 9.16. The molecule has 1 aliphatic rings. The Kier molecular flexibility index (Phi) is 7.55. The van der Waals surface area contributed by atoms with Crippen molar-refractivity contribution in [3.63, 3.8) is 0 Å². The average Bonchev–Trinajstić information content (AvgIpc) is 3.23. The van der Waals surface area contributed by atoms with E-state index in [-0.39, 0.29) is 10.6 Å². The van der Waals surface area contributed by atoms with Crippen molar-refractivity contribution in [2.45, 2.75) is 33.2 Å². The number of allylic oxidation sites excluding steroid dienone is 2. The number of nitro groups is 1. The third kappa shape index (κ3) is 5.04. The third-order valence-electron chi connectivity index (χ3n) is 6.59. The zero-order chi connectivity index (χ0) is 25.8. The summed E-state index contributed by atoms with van der Waals surface area (Å²) in [7, 11) is 3.72. The number of aromatic nitrogens is 1. The Labute approximate surface area is 212 Å². The van der Waals surface area contributed by atoms with Gasteiger partial charge in [0.25, 0.3) is 5.69 Å². The molecule has 0 aliphatic carbocycles. The minimum atomic E-state index is -0.346. The number of aryl methyl sites for hydroxylation is 3. The van der Waals surface area contributed by atoms with Gasteiger partial charge < -0.3 is 20.1 Å². The number of hydrogen-bond donors (Lipinski definition) is 2. The van der Waals surface area contributed by atoms with E-state index in [4.69, 9.17) is 4.99 Å². The van der Waals surface area contributed by atoms with Gasteiger partial charge in [0.1, 0.15) is 11.5 Å². The van der Waals surface area contributed by atoms with E-state index in [1.165, 1.54) is 16.5 Å². The summed E-state index contributed by atoms with van der Waals surface area (Å²) in [5.74, 6) is 0.420. The number of hydrogen-bond acceptors (Lipinski definition) is 6. The molecule has 0 saturated carbocycles. The second kappa shape index (κ2) is 10.8. The first-order valence-corrected chi connectivity index (χ1v) is 12.3. The van der Waals surface area contributed by atoms with E-state index < -0.39 is 0 Å². The van der Waals surface area contributed by atoms with Crippen molar-refractivity contribution in [2.75, 3.05) is 37.4 Å². The molecule has 0 spiro atoms. The zero-order valence-corrected chi connectivity index (χ0v) is 21.5. The molecule has 2 N–H and O–H groups in total. The lowest BCUT2D eigenvalue weighted by Gasteiger charge is -2.21. The highest BCUT2D eigenvalue weighted by atomic mass is 16.6. The molecular weight excluding hydrogens is 452 g/mol. The van der Waals surface area contributed by atoms with Crippen LogP contribution in [-0.4, -0.2) is 42.4 Å². The highest BCUT2D eigenvalue weighted by Gasteiger charge is 2.21. The fourth-order valence-electron chi connectivity index (χ4n) is 4.80. The molecule has 2 aromatic carbocycles. The number of nitrogens with one attached hydrogen (secondary N) is 2. The average molecular weight is 487 g/mol. The largest absolute Gasteiger partial charge is 0.368 e. The quantitative estimate of drug-likeness (QED) is 0.227. The number of anilines is 2. The molecule has 188 valence electrons. The van der Waals surface area contributed by atoms with Crippen molar-refractivity contribution in [3.05, 3.63) is 87.9 Å². The number of para-hydroxylation sites is 1. The van der Waals surface area contributed by atoms with E-state index in [0.29, 0.717) is 23.7 Å². The third-order valence-corrected chi connectivity index (χ3v) is 6.59. The monoisotopic (exact) mass is 486 g/mol. The molecule has 1 aromatic heterocycles. The smallest absolute Gasteiger partial charge is 0.294 e. The predicted octanol–water partition coefficient (Wildman–Crippen LogP) is 5.41. The van der Waals surface area contributed by atoms with E-state index in [0.717, 1.165) is 42.8 Å². The standard InChI is InChI=1S/C28H34N6O2/c1-6-9-24(23-18-33-14-8-11-21-10-7-12-22(23)28(21)33)30-20(3)31-25-17-27(34(35)36)26(16-19(25)2)32(5)15-13-29-4/h6-7,9-10,12,16-18,29,31H,3,8,11,13-15H2,1-2,4-5H3/b9-6-,30-24+. The molecular formula is C28H34N6O2. The summed E-state index contributed by atoms with van der Waals surface area (Å²) in [6, 6.07) is 9.85. The maximum absolute atomic E-state index is 11.9. The van der Waals surface area contributed by atoms with Gasteiger partial charge >= 0.3 is 0 Å². The van der Waals surface area contributed by atoms with Crippen molar-refractivity contribution in [1.29, 1.82) is 0 Å². The molecule has 36 heavy (non-hydrogen) atoms. The number of nitro benzene ring substituents is 1. The summed E-state index contributed by atoms with van der Waals surface area (Å²) >= 11 is 0. The molecule has 2 heterocycles. The fourth-order valence-corrected chi connectivity index (χ4v) is 4.80. The Balaban J connectivity index is 1.67. The van der Waals surface area contributed by atoms with E-state index >= 15 is 0 Å². The van der Waals surface area contributed by atoms with Gasteiger partial charge in [-0.25, -0.2) is 4.99 Å². The van der Waals surface area contributed by atoms with E-state index in [2.05, 4.69) is 46.2 Å². The number of aliphatic imine (C=N–C) groups is 1. The number of likely N-dealkylation sites (N-methyl/N-ethyl adjacent to an activating group) is 2. The molecule has 0 fully saturated rings. The topological polar surface area (TPSA) is 87.7 Å². The van der Waals surface area contributed by atoms with Crippen molar-refractivity contribution in [2.24, 2.45) is 4.99 Å². The second-order valence-corrected chi connectivity index (χ2v) is 9.16. The van der Waals surface area contributed by atoms with Gasteiger partial charge in [-0.2, -0.15) is 0 Å². The van der Waals surface area contributed by atoms with Crippen LogP contribution in [0.1, 0.15) is 30.0 Å². The van der Waals surface area contributed by atoms with Crippen LogP contribution >= 0.6 is 0 Å². The summed E-state index contributed by atoms with van der Waals surface area (Å²) in [5.41, 5.74) is 6.61. The summed E-state index contributed by atoms with van der Waals surface area (Å²) in [6.45, 7) is 10.4. The summed E-state index contributed by atoms with van der Waals surface area (Å²) in [6.07, 6.45) is 8.33. The highest BCUT2D eigenvalue weighted by molar-refractivity contribution is 6.17. The summed E-state index contributed by atoms with van der Waals surface area (Å²) < 4.78 is 2.31. The molecule has 4 rings (SSSR count). The predicted molar refractivity (Wildman–Crippen MR) is 149 cm³/mol. The molecule has 8 nitrogen and oxygen atoms in total. The number of rotatable bonds is 10. The maximum atomic E-state index is 11.9. The van der Waals surface area contributed by atoms with Crippen LogP contribution in [0.5, 0.6) is 0 Å². The zero-order valence-electron chi connectivity index (χ0n) is 21.5. The number of nitrogens with zero attached hydrogens (tertiary/aromatic N) is 4. The SMILES string of the molecule is C=C(/N=C(\C=C/C)c1cn2c3c(cccc13)CCC2)Nc1cc([N+](=O)[O-])c(N(C)CCNC)cc1C. The van der Waals surface area contributed by atoms with Crippen LogP contribution in [0.15, 0.2) is 66.1 Å². The van der Waals surface area contributed by atoms with E-state index in [9.17, 15) is 10.1 Å². The van der Waals surface area contributed by atoms with Crippen LogP contribution in [0.4, 0.5) is 17.1 Å². The van der Waals surface area contributed by atoms with Crippen LogP contribution < -0.4 is 15.5 Å². The number of benzene rings is 2. The lowest BCUT2D eigenvalue weighted by molar-refractivity contribution is -0.384. The van der Waals surface area contributed by atoms with Crippen molar-refractivity contribution in [1.82, 2.24) is 9.88 Å². The molecule has 0 amide bonds. The Morgan fingerprint density at radius 3 is 2.89 bits per heavy atom. The van der Waals surface area contributed by atoms with Gasteiger partial charge in [-0.1, -0.05) is 30.9 Å². The first-order chi connectivity index (χ1) is 17.3. The minimum absolute atomic E-state index is 0.0427. The molecule has 0 saturated heterocycles. The Bertz CT molecular complexity index is 1370. The lowest BCUT2D eigenvalue weighted by atomic mass is 10.0. The van der Waals surface area contributed by atoms with E-state index in [1.54, 1.807) is 6.07 Å². The van der Waals surface area contributed by atoms with E-state index in [1.807, 2.05) is 51.1 Å². The molecule has 3 aromatic rings. The van der Waals surface area contributed by atoms with Crippen LogP contribution in [0.3, 0.4) is 0 Å². The first kappa shape index (κ1) is 25.2. The van der Waals surface area contributed by atoms with Gasteiger partial charge in [0.15, 0.2) is 0 Å². The molecule has 8 heteroatoms. The van der Waals surface area contributed by atoms with Gasteiger partial charge in [-0.05, 0) is 57.0 Å². The highest BCUT2D eigenvalue weighted by Crippen LogP contribution is 2.34. The molecule has 0 unspecified atom stereocenters. The van der Waals surface area contributed by atoms with Gasteiger partial charge in [-0.15, -0.1) is 0 Å². The van der Waals surface area contributed by atoms with Crippen LogP contribution in [0.2, 0.25) is 0 Å². The molecule has 0 bridgehead atoms. The Hall–Kier alpha value is -3.91. The van der Waals surface area contributed by atoms with Crippen molar-refractivity contribution in [3.8, 4) is 0 Å². The first-order valence-electron chi connectivity index (χ1n) is 12.3. The molecule has 0 radical (unpaired) electrons. The van der Waals surface area contributed by atoms with Crippen molar-refractivity contribution >= 4 is 33.7 Å². The minimum Gasteiger partial charge on any atom is -0.368 e. The van der Waals surface area contributed by atoms with Gasteiger partial charge in [-0.3, -0.25) is 10.1 Å². The normalized spacial score (nSPS) is 13.4. The van der Waals surface area contributed by atoms with Crippen molar-refractivity contribution < 1.29 is 4.92 Å². The van der Waals surface area contributed by atoms with Crippen LogP contribution in [0, 0.1) is 17.0 Å². The Morgan fingerprint density at radius 1 is 1.36 bits per heavy atom. The summed E-state index contributed by atoms with van der Waals surface area (Å²) in [5, 5.41) is 19.3. The molecule has 1 aliphatic heterocycles. The lowest BCUT2D eigenvalue weighted by Crippen LogP contribution is -2.27. The fraction of sp³-hybridized carbons (Fsp3) is 0.321. The van der Waals surface area contributed by atoms with Crippen LogP contribution in [0.25, 0.3) is 10.9 Å².